The van der Waals surface area contributed by atoms with Crippen LogP contribution in [-0.2, 0) is 16.4 Å². The topological polar surface area (TPSA) is 57.7 Å². The molecule has 1 saturated heterocycles. The molecule has 1 aliphatic heterocycles. The van der Waals surface area contributed by atoms with E-state index in [1.165, 1.54) is 9.87 Å². The van der Waals surface area contributed by atoms with Gasteiger partial charge in [0.15, 0.2) is 0 Å². The highest BCUT2D eigenvalue weighted by Crippen LogP contribution is 2.23. The molecule has 3 rings (SSSR count). The predicted octanol–water partition coefficient (Wildman–Crippen LogP) is 3.47. The standard InChI is InChI=1S/C20H23BrN2O3S/c1-3-16-4-6-17(7-5-16)20(24)22-10-12-23(13-11-22)27(25,26)18-8-9-19(21)15(2)14-18/h4-9,14H,3,10-13H2,1-2H3. The third kappa shape index (κ3) is 4.25. The van der Waals surface area contributed by atoms with Crippen LogP contribution in [0, 0.1) is 6.92 Å². The van der Waals surface area contributed by atoms with E-state index >= 15 is 0 Å². The second kappa shape index (κ2) is 8.12. The van der Waals surface area contributed by atoms with Crippen LogP contribution in [0.1, 0.15) is 28.4 Å². The molecule has 0 spiro atoms. The SMILES string of the molecule is CCc1ccc(C(=O)N2CCN(S(=O)(=O)c3ccc(Br)c(C)c3)CC2)cc1. The van der Waals surface area contributed by atoms with Gasteiger partial charge in [0.2, 0.25) is 10.0 Å². The number of carbonyl (C=O) groups is 1. The van der Waals surface area contributed by atoms with Gasteiger partial charge in [0.05, 0.1) is 4.90 Å². The summed E-state index contributed by atoms with van der Waals surface area (Å²) in [4.78, 5) is 14.7. The summed E-state index contributed by atoms with van der Waals surface area (Å²) in [5.74, 6) is -0.0470. The molecule has 144 valence electrons. The lowest BCUT2D eigenvalue weighted by molar-refractivity contribution is 0.0698. The summed E-state index contributed by atoms with van der Waals surface area (Å²) in [6.07, 6.45) is 0.931. The minimum Gasteiger partial charge on any atom is -0.336 e. The Kier molecular flexibility index (Phi) is 6.03. The highest BCUT2D eigenvalue weighted by atomic mass is 79.9. The van der Waals surface area contributed by atoms with E-state index in [1.54, 1.807) is 23.1 Å². The zero-order chi connectivity index (χ0) is 19.6. The third-order valence-electron chi connectivity index (χ3n) is 4.90. The molecule has 1 amide bonds. The van der Waals surface area contributed by atoms with E-state index in [0.29, 0.717) is 31.7 Å². The van der Waals surface area contributed by atoms with Crippen LogP contribution in [0.15, 0.2) is 51.8 Å². The minimum atomic E-state index is -3.55. The van der Waals surface area contributed by atoms with Crippen molar-refractivity contribution in [2.75, 3.05) is 26.2 Å². The summed E-state index contributed by atoms with van der Waals surface area (Å²) in [7, 11) is -3.55. The molecule has 0 atom stereocenters. The number of hydrogen-bond acceptors (Lipinski definition) is 3. The van der Waals surface area contributed by atoms with Crippen LogP contribution < -0.4 is 0 Å². The van der Waals surface area contributed by atoms with Gasteiger partial charge < -0.3 is 4.90 Å². The normalized spacial score (nSPS) is 15.7. The lowest BCUT2D eigenvalue weighted by Gasteiger charge is -2.34. The summed E-state index contributed by atoms with van der Waals surface area (Å²) in [5.41, 5.74) is 2.71. The molecule has 1 fully saturated rings. The molecule has 5 nitrogen and oxygen atoms in total. The van der Waals surface area contributed by atoms with E-state index in [-0.39, 0.29) is 10.8 Å². The highest BCUT2D eigenvalue weighted by molar-refractivity contribution is 9.10. The van der Waals surface area contributed by atoms with Crippen molar-refractivity contribution in [1.29, 1.82) is 0 Å². The molecule has 0 aromatic heterocycles. The van der Waals surface area contributed by atoms with Crippen molar-refractivity contribution in [2.24, 2.45) is 0 Å². The molecule has 0 aliphatic carbocycles. The lowest BCUT2D eigenvalue weighted by atomic mass is 10.1. The number of benzene rings is 2. The molecule has 0 bridgehead atoms. The molecule has 27 heavy (non-hydrogen) atoms. The van der Waals surface area contributed by atoms with E-state index in [4.69, 9.17) is 0 Å². The van der Waals surface area contributed by atoms with Gasteiger partial charge in [-0.25, -0.2) is 8.42 Å². The Labute approximate surface area is 169 Å². The third-order valence-corrected chi connectivity index (χ3v) is 7.69. The van der Waals surface area contributed by atoms with Gasteiger partial charge in [0, 0.05) is 36.2 Å². The van der Waals surface area contributed by atoms with Crippen LogP contribution in [0.2, 0.25) is 0 Å². The zero-order valence-electron chi connectivity index (χ0n) is 15.5. The minimum absolute atomic E-state index is 0.0470. The van der Waals surface area contributed by atoms with Gasteiger partial charge in [-0.15, -0.1) is 0 Å². The van der Waals surface area contributed by atoms with Crippen LogP contribution in [0.5, 0.6) is 0 Å². The van der Waals surface area contributed by atoms with Crippen molar-refractivity contribution in [3.63, 3.8) is 0 Å². The van der Waals surface area contributed by atoms with Gasteiger partial charge in [-0.05, 0) is 54.8 Å². The maximum Gasteiger partial charge on any atom is 0.253 e. The average molecular weight is 451 g/mol. The monoisotopic (exact) mass is 450 g/mol. The van der Waals surface area contributed by atoms with E-state index in [2.05, 4.69) is 22.9 Å². The molecule has 2 aromatic carbocycles. The van der Waals surface area contributed by atoms with Crippen LogP contribution in [0.3, 0.4) is 0 Å². The Morgan fingerprint density at radius 2 is 1.67 bits per heavy atom. The smallest absolute Gasteiger partial charge is 0.253 e. The number of halogens is 1. The Morgan fingerprint density at radius 1 is 1.04 bits per heavy atom. The lowest BCUT2D eigenvalue weighted by Crippen LogP contribution is -2.50. The van der Waals surface area contributed by atoms with Gasteiger partial charge in [-0.3, -0.25) is 4.79 Å². The fraction of sp³-hybridized carbons (Fsp3) is 0.350. The zero-order valence-corrected chi connectivity index (χ0v) is 17.9. The van der Waals surface area contributed by atoms with Crippen LogP contribution in [0.4, 0.5) is 0 Å². The molecular formula is C20H23BrN2O3S. The number of aryl methyl sites for hydroxylation is 2. The molecule has 0 unspecified atom stereocenters. The van der Waals surface area contributed by atoms with Crippen LogP contribution in [0.25, 0.3) is 0 Å². The number of rotatable bonds is 4. The van der Waals surface area contributed by atoms with Gasteiger partial charge in [0.1, 0.15) is 0 Å². The first-order chi connectivity index (χ1) is 12.8. The van der Waals surface area contributed by atoms with Crippen molar-refractivity contribution >= 4 is 31.9 Å². The van der Waals surface area contributed by atoms with Crippen molar-refractivity contribution < 1.29 is 13.2 Å². The fourth-order valence-electron chi connectivity index (χ4n) is 3.12. The molecule has 2 aromatic rings. The molecule has 1 aliphatic rings. The molecule has 0 N–H and O–H groups in total. The molecule has 0 saturated carbocycles. The molecule has 0 radical (unpaired) electrons. The number of amides is 1. The Morgan fingerprint density at radius 3 is 2.22 bits per heavy atom. The molecular weight excluding hydrogens is 428 g/mol. The number of carbonyl (C=O) groups excluding carboxylic acids is 1. The summed E-state index contributed by atoms with van der Waals surface area (Å²) in [6.45, 7) is 5.33. The fourth-order valence-corrected chi connectivity index (χ4v) is 4.88. The highest BCUT2D eigenvalue weighted by Gasteiger charge is 2.30. The summed E-state index contributed by atoms with van der Waals surface area (Å²) >= 11 is 3.39. The maximum atomic E-state index is 12.9. The van der Waals surface area contributed by atoms with E-state index in [1.807, 2.05) is 31.2 Å². The largest absolute Gasteiger partial charge is 0.336 e. The summed E-state index contributed by atoms with van der Waals surface area (Å²) in [6, 6.07) is 12.6. The van der Waals surface area contributed by atoms with Crippen molar-refractivity contribution in [3.8, 4) is 0 Å². The molecule has 1 heterocycles. The Bertz CT molecular complexity index is 934. The number of piperazine rings is 1. The number of sulfonamides is 1. The van der Waals surface area contributed by atoms with E-state index in [9.17, 15) is 13.2 Å². The van der Waals surface area contributed by atoms with E-state index < -0.39 is 10.0 Å². The number of hydrogen-bond donors (Lipinski definition) is 0. The van der Waals surface area contributed by atoms with Crippen LogP contribution >= 0.6 is 15.9 Å². The number of nitrogens with zero attached hydrogens (tertiary/aromatic N) is 2. The quantitative estimate of drug-likeness (QED) is 0.716. The first-order valence-electron chi connectivity index (χ1n) is 8.97. The Balaban J connectivity index is 1.68. The second-order valence-corrected chi connectivity index (χ2v) is 9.45. The first kappa shape index (κ1) is 20.0. The van der Waals surface area contributed by atoms with Gasteiger partial charge in [-0.2, -0.15) is 4.31 Å². The van der Waals surface area contributed by atoms with Crippen molar-refractivity contribution in [2.45, 2.75) is 25.2 Å². The second-order valence-electron chi connectivity index (χ2n) is 6.66. The van der Waals surface area contributed by atoms with Gasteiger partial charge >= 0.3 is 0 Å². The van der Waals surface area contributed by atoms with Gasteiger partial charge in [-0.1, -0.05) is 35.0 Å². The predicted molar refractivity (Wildman–Crippen MR) is 109 cm³/mol. The van der Waals surface area contributed by atoms with Gasteiger partial charge in [0.25, 0.3) is 5.91 Å². The summed E-state index contributed by atoms with van der Waals surface area (Å²) in [5, 5.41) is 0. The first-order valence-corrected chi connectivity index (χ1v) is 11.2. The summed E-state index contributed by atoms with van der Waals surface area (Å²) < 4.78 is 28.1. The van der Waals surface area contributed by atoms with Crippen LogP contribution in [-0.4, -0.2) is 49.7 Å². The van der Waals surface area contributed by atoms with E-state index in [0.717, 1.165) is 16.5 Å². The van der Waals surface area contributed by atoms with Crippen molar-refractivity contribution in [1.82, 2.24) is 9.21 Å². The maximum absolute atomic E-state index is 12.9. The molecule has 7 heteroatoms. The van der Waals surface area contributed by atoms with Crippen molar-refractivity contribution in [3.05, 3.63) is 63.6 Å². The average Bonchev–Trinajstić information content (AvgIpc) is 2.69. The Hall–Kier alpha value is -1.70.